The summed E-state index contributed by atoms with van der Waals surface area (Å²) < 4.78 is 0. The number of ketones is 1. The summed E-state index contributed by atoms with van der Waals surface area (Å²) in [7, 11) is 0. The van der Waals surface area contributed by atoms with Crippen molar-refractivity contribution in [1.29, 1.82) is 0 Å². The van der Waals surface area contributed by atoms with Gasteiger partial charge < -0.3 is 20.4 Å². The van der Waals surface area contributed by atoms with E-state index in [1.54, 1.807) is 9.80 Å². The Bertz CT molecular complexity index is 1440. The van der Waals surface area contributed by atoms with E-state index in [0.29, 0.717) is 31.7 Å². The maximum absolute atomic E-state index is 14.6. The average molecular weight is 590 g/mol. The quantitative estimate of drug-likeness (QED) is 0.237. The Labute approximate surface area is 248 Å². The number of carbonyl (C=O) groups is 3. The number of nitrogens with one attached hydrogen (secondary N) is 2. The van der Waals surface area contributed by atoms with Crippen molar-refractivity contribution < 1.29 is 19.3 Å². The fourth-order valence-electron chi connectivity index (χ4n) is 6.02. The van der Waals surface area contributed by atoms with E-state index >= 15 is 0 Å². The number of hydrogen-bond acceptors (Lipinski definition) is 7. The van der Waals surface area contributed by atoms with Crippen LogP contribution in [0.1, 0.15) is 52.2 Å². The van der Waals surface area contributed by atoms with Gasteiger partial charge in [0.05, 0.1) is 16.9 Å². The molecule has 3 aromatic rings. The third-order valence-corrected chi connectivity index (χ3v) is 8.92. The van der Waals surface area contributed by atoms with Gasteiger partial charge in [0.25, 0.3) is 5.69 Å². The predicted molar refractivity (Wildman–Crippen MR) is 161 cm³/mol. The number of piperazine rings is 1. The molecule has 3 heterocycles. The Morgan fingerprint density at radius 2 is 1.69 bits per heavy atom. The molecule has 11 heteroatoms. The highest BCUT2D eigenvalue weighted by Crippen LogP contribution is 2.52. The lowest BCUT2D eigenvalue weighted by Crippen LogP contribution is -2.56. The summed E-state index contributed by atoms with van der Waals surface area (Å²) in [6.07, 6.45) is 0. The molecule has 220 valence electrons. The molecule has 2 aliphatic heterocycles. The van der Waals surface area contributed by atoms with Crippen LogP contribution in [0.15, 0.2) is 66.0 Å². The largest absolute Gasteiger partial charge is 0.338 e. The maximum atomic E-state index is 14.6. The van der Waals surface area contributed by atoms with Gasteiger partial charge in [-0.25, -0.2) is 4.79 Å². The van der Waals surface area contributed by atoms with Crippen LogP contribution in [-0.4, -0.2) is 70.7 Å². The van der Waals surface area contributed by atoms with Crippen molar-refractivity contribution in [2.45, 2.75) is 44.8 Å². The summed E-state index contributed by atoms with van der Waals surface area (Å²) in [6.45, 7) is 7.98. The van der Waals surface area contributed by atoms with Gasteiger partial charge in [-0.05, 0) is 49.9 Å². The summed E-state index contributed by atoms with van der Waals surface area (Å²) >= 11 is 1.46. The molecule has 0 spiro atoms. The number of likely N-dealkylation sites (tertiary alicyclic amines) is 1. The van der Waals surface area contributed by atoms with Crippen molar-refractivity contribution in [2.75, 3.05) is 26.2 Å². The molecule has 2 saturated heterocycles. The number of amides is 3. The van der Waals surface area contributed by atoms with Gasteiger partial charge in [0.15, 0.2) is 5.78 Å². The van der Waals surface area contributed by atoms with E-state index in [2.05, 4.69) is 10.6 Å². The van der Waals surface area contributed by atoms with Crippen molar-refractivity contribution >= 4 is 34.7 Å². The summed E-state index contributed by atoms with van der Waals surface area (Å²) in [5.74, 6) is -1.90. The first-order chi connectivity index (χ1) is 20.2. The first kappa shape index (κ1) is 29.4. The monoisotopic (exact) mass is 589 g/mol. The van der Waals surface area contributed by atoms with Crippen LogP contribution < -0.4 is 10.6 Å². The molecule has 2 fully saturated rings. The highest BCUT2D eigenvalue weighted by molar-refractivity contribution is 7.10. The van der Waals surface area contributed by atoms with Gasteiger partial charge in [-0.2, -0.15) is 0 Å². The van der Waals surface area contributed by atoms with Crippen LogP contribution in [0, 0.1) is 23.0 Å². The van der Waals surface area contributed by atoms with E-state index < -0.39 is 34.9 Å². The van der Waals surface area contributed by atoms with Crippen molar-refractivity contribution in [2.24, 2.45) is 5.92 Å². The van der Waals surface area contributed by atoms with E-state index in [0.717, 1.165) is 16.0 Å². The van der Waals surface area contributed by atoms with Crippen molar-refractivity contribution in [1.82, 2.24) is 20.4 Å². The number of hydrogen-bond donors (Lipinski definition) is 2. The van der Waals surface area contributed by atoms with Gasteiger partial charge in [0, 0.05) is 60.7 Å². The highest BCUT2D eigenvalue weighted by Gasteiger charge is 2.58. The molecule has 10 nitrogen and oxygen atoms in total. The molecule has 2 N–H and O–H groups in total. The molecule has 2 aromatic carbocycles. The normalized spacial score (nSPS) is 22.3. The number of rotatable bonds is 7. The number of carbonyl (C=O) groups excluding carboxylic acids is 3. The number of non-ortho nitro benzene ring substituents is 1. The number of Topliss-reactive ketones (excluding diaryl/α,β-unsaturated/α-hetero) is 1. The number of aryl methyl sites for hydroxylation is 1. The number of nitrogens with zero attached hydrogens (tertiary/aromatic N) is 3. The van der Waals surface area contributed by atoms with Gasteiger partial charge >= 0.3 is 6.03 Å². The Hall–Kier alpha value is -4.09. The molecule has 0 bridgehead atoms. The Morgan fingerprint density at radius 1 is 1.02 bits per heavy atom. The minimum Gasteiger partial charge on any atom is -0.338 e. The first-order valence-electron chi connectivity index (χ1n) is 14.1. The van der Waals surface area contributed by atoms with Crippen LogP contribution in [0.5, 0.6) is 0 Å². The lowest BCUT2D eigenvalue weighted by molar-refractivity contribution is -0.384. The van der Waals surface area contributed by atoms with Crippen LogP contribution in [0.25, 0.3) is 0 Å². The smallest absolute Gasteiger partial charge is 0.318 e. The first-order valence-corrected chi connectivity index (χ1v) is 15.0. The van der Waals surface area contributed by atoms with Crippen LogP contribution >= 0.6 is 11.3 Å². The molecule has 5 rings (SSSR count). The topological polar surface area (TPSA) is 125 Å². The van der Waals surface area contributed by atoms with E-state index in [1.807, 2.05) is 62.5 Å². The lowest BCUT2D eigenvalue weighted by atomic mass is 9.78. The second-order valence-electron chi connectivity index (χ2n) is 11.1. The number of nitro groups is 1. The molecule has 4 unspecified atom stereocenters. The molecule has 1 aromatic heterocycles. The number of urea groups is 1. The van der Waals surface area contributed by atoms with Crippen LogP contribution in [-0.2, 0) is 4.79 Å². The highest BCUT2D eigenvalue weighted by atomic mass is 32.1. The van der Waals surface area contributed by atoms with Gasteiger partial charge in [-0.1, -0.05) is 35.9 Å². The van der Waals surface area contributed by atoms with Gasteiger partial charge in [-0.3, -0.25) is 19.7 Å². The zero-order chi connectivity index (χ0) is 30.0. The Balaban J connectivity index is 1.71. The fraction of sp³-hybridized carbons (Fsp3) is 0.387. The zero-order valence-electron chi connectivity index (χ0n) is 23.9. The summed E-state index contributed by atoms with van der Waals surface area (Å²) in [4.78, 5) is 58.1. The second-order valence-corrected chi connectivity index (χ2v) is 12.1. The van der Waals surface area contributed by atoms with Crippen molar-refractivity contribution in [3.63, 3.8) is 0 Å². The summed E-state index contributed by atoms with van der Waals surface area (Å²) in [6, 6.07) is 14.8. The van der Waals surface area contributed by atoms with E-state index in [4.69, 9.17) is 0 Å². The lowest BCUT2D eigenvalue weighted by Gasteiger charge is -2.36. The van der Waals surface area contributed by atoms with Crippen LogP contribution in [0.2, 0.25) is 0 Å². The molecule has 3 amide bonds. The molecule has 2 aliphatic rings. The van der Waals surface area contributed by atoms with Gasteiger partial charge in [0.1, 0.15) is 6.04 Å². The molecular formula is C31H35N5O5S. The number of nitro benzene ring substituents is 1. The van der Waals surface area contributed by atoms with Gasteiger partial charge in [0.2, 0.25) is 5.91 Å². The van der Waals surface area contributed by atoms with Crippen molar-refractivity contribution in [3.05, 3.63) is 97.7 Å². The van der Waals surface area contributed by atoms with Gasteiger partial charge in [-0.15, -0.1) is 11.3 Å². The second kappa shape index (κ2) is 12.4. The maximum Gasteiger partial charge on any atom is 0.318 e. The minimum absolute atomic E-state index is 0.118. The number of benzene rings is 2. The third kappa shape index (κ3) is 5.79. The molecule has 4 atom stereocenters. The molecular weight excluding hydrogens is 554 g/mol. The molecule has 0 aliphatic carbocycles. The van der Waals surface area contributed by atoms with Crippen LogP contribution in [0.3, 0.4) is 0 Å². The fourth-order valence-corrected chi connectivity index (χ4v) is 6.93. The van der Waals surface area contributed by atoms with E-state index in [-0.39, 0.29) is 23.4 Å². The summed E-state index contributed by atoms with van der Waals surface area (Å²) in [5, 5.41) is 19.5. The standard InChI is InChI=1S/C31H35N5O5S/c1-19(2)33-31(39)35-27(21-8-6-20(3)7-9-21)26(29(37)22-10-12-23(13-11-22)36(40)41)25(24-5-4-18-42-24)28(35)30(38)34-16-14-32-15-17-34/h4-13,18-19,25-28,32H,14-17H2,1-3H3,(H,33,39). The number of thiophene rings is 1. The molecule has 0 radical (unpaired) electrons. The molecule has 0 saturated carbocycles. The Morgan fingerprint density at radius 3 is 2.26 bits per heavy atom. The van der Waals surface area contributed by atoms with Crippen molar-refractivity contribution in [3.8, 4) is 0 Å². The zero-order valence-corrected chi connectivity index (χ0v) is 24.7. The SMILES string of the molecule is Cc1ccc(C2C(C(=O)c3ccc([N+](=O)[O-])cc3)C(c3cccs3)C(C(=O)N3CCNCC3)N2C(=O)NC(C)C)cc1. The third-order valence-electron chi connectivity index (χ3n) is 7.95. The van der Waals surface area contributed by atoms with E-state index in [9.17, 15) is 24.5 Å². The average Bonchev–Trinajstić information content (AvgIpc) is 3.63. The minimum atomic E-state index is -0.932. The summed E-state index contributed by atoms with van der Waals surface area (Å²) in [5.41, 5.74) is 1.95. The molecule has 42 heavy (non-hydrogen) atoms. The van der Waals surface area contributed by atoms with Crippen LogP contribution in [0.4, 0.5) is 10.5 Å². The predicted octanol–water partition coefficient (Wildman–Crippen LogP) is 4.52. The van der Waals surface area contributed by atoms with E-state index in [1.165, 1.54) is 35.6 Å². The Kier molecular flexibility index (Phi) is 8.69.